The number of hydrazone groups is 1. The van der Waals surface area contributed by atoms with E-state index in [4.69, 9.17) is 10.8 Å². The third-order valence-electron chi connectivity index (χ3n) is 2.89. The summed E-state index contributed by atoms with van der Waals surface area (Å²) in [5, 5.41) is 14.7. The molecule has 5 heteroatoms. The van der Waals surface area contributed by atoms with Gasteiger partial charge in [-0.25, -0.2) is 5.01 Å². The highest BCUT2D eigenvalue weighted by Crippen LogP contribution is 2.31. The summed E-state index contributed by atoms with van der Waals surface area (Å²) in [6.45, 7) is 6.96. The zero-order valence-electron chi connectivity index (χ0n) is 10.9. The number of β-amino-alcohol motifs (C(OH)–C–C–N with tert-alkyl or cyclic N) is 1. The van der Waals surface area contributed by atoms with Crippen LogP contribution in [0, 0.1) is 11.3 Å². The molecule has 0 bridgehead atoms. The zero-order chi connectivity index (χ0) is 13.1. The minimum atomic E-state index is -0.162. The third-order valence-corrected chi connectivity index (χ3v) is 2.89. The van der Waals surface area contributed by atoms with Gasteiger partial charge in [-0.2, -0.15) is 5.10 Å². The number of aliphatic hydroxyl groups excluding tert-OH is 1. The second kappa shape index (κ2) is 5.60. The first-order valence-corrected chi connectivity index (χ1v) is 6.13. The molecular formula is C12H23N3O2. The number of hydrogen-bond donors (Lipinski definition) is 2. The maximum atomic E-state index is 12.1. The number of carbonyl (C=O) groups excluding carboxylic acids is 1. The summed E-state index contributed by atoms with van der Waals surface area (Å²) in [4.78, 5) is 12.1. The van der Waals surface area contributed by atoms with Crippen molar-refractivity contribution in [1.82, 2.24) is 5.01 Å². The van der Waals surface area contributed by atoms with Gasteiger partial charge in [0.2, 0.25) is 0 Å². The lowest BCUT2D eigenvalue weighted by Crippen LogP contribution is -2.33. The Kier molecular flexibility index (Phi) is 4.65. The lowest BCUT2D eigenvalue weighted by Gasteiger charge is -2.22. The quantitative estimate of drug-likeness (QED) is 0.739. The number of nitrogens with two attached hydrogens (primary N) is 1. The molecule has 0 aromatic heterocycles. The predicted octanol–water partition coefficient (Wildman–Crippen LogP) is 0.578. The van der Waals surface area contributed by atoms with E-state index in [0.29, 0.717) is 6.54 Å². The molecule has 98 valence electrons. The maximum absolute atomic E-state index is 12.1. The molecule has 1 aliphatic rings. The summed E-state index contributed by atoms with van der Waals surface area (Å²) in [7, 11) is 0. The Morgan fingerprint density at radius 3 is 2.59 bits per heavy atom. The van der Waals surface area contributed by atoms with Crippen LogP contribution < -0.4 is 5.73 Å². The van der Waals surface area contributed by atoms with E-state index in [1.54, 1.807) is 0 Å². The van der Waals surface area contributed by atoms with Gasteiger partial charge in [0.25, 0.3) is 5.91 Å². The van der Waals surface area contributed by atoms with Crippen molar-refractivity contribution in [3.05, 3.63) is 0 Å². The van der Waals surface area contributed by atoms with E-state index in [-0.39, 0.29) is 30.4 Å². The second-order valence-corrected chi connectivity index (χ2v) is 5.40. The fraction of sp³-hybridized carbons (Fsp3) is 0.833. The minimum Gasteiger partial charge on any atom is -0.394 e. The first-order chi connectivity index (χ1) is 7.91. The van der Waals surface area contributed by atoms with Gasteiger partial charge < -0.3 is 10.8 Å². The van der Waals surface area contributed by atoms with E-state index in [9.17, 15) is 4.79 Å². The lowest BCUT2D eigenvalue weighted by molar-refractivity contribution is -0.132. The van der Waals surface area contributed by atoms with E-state index in [2.05, 4.69) is 25.9 Å². The first kappa shape index (κ1) is 14.1. The summed E-state index contributed by atoms with van der Waals surface area (Å²) in [6.07, 6.45) is 1.56. The molecule has 17 heavy (non-hydrogen) atoms. The van der Waals surface area contributed by atoms with Gasteiger partial charge in [0.05, 0.1) is 24.8 Å². The summed E-state index contributed by atoms with van der Waals surface area (Å²) < 4.78 is 0. The summed E-state index contributed by atoms with van der Waals surface area (Å²) in [5.74, 6) is -0.164. The Hall–Kier alpha value is -0.940. The molecule has 1 amide bonds. The van der Waals surface area contributed by atoms with E-state index in [1.807, 2.05) is 0 Å². The fourth-order valence-electron chi connectivity index (χ4n) is 2.06. The van der Waals surface area contributed by atoms with Crippen molar-refractivity contribution in [2.75, 3.05) is 19.7 Å². The monoisotopic (exact) mass is 241 g/mol. The Morgan fingerprint density at radius 1 is 1.47 bits per heavy atom. The molecule has 1 rings (SSSR count). The molecule has 1 heterocycles. The molecule has 0 spiro atoms. The van der Waals surface area contributed by atoms with Gasteiger partial charge in [0, 0.05) is 5.41 Å². The average Bonchev–Trinajstić information content (AvgIpc) is 2.54. The Labute approximate surface area is 103 Å². The number of hydrogen-bond acceptors (Lipinski definition) is 4. The van der Waals surface area contributed by atoms with Crippen LogP contribution in [0.15, 0.2) is 5.10 Å². The Balaban J connectivity index is 2.86. The lowest BCUT2D eigenvalue weighted by atomic mass is 9.80. The van der Waals surface area contributed by atoms with Crippen molar-refractivity contribution in [2.45, 2.75) is 33.6 Å². The standard InChI is InChI=1S/C12H23N3O2/c1-12(2,3)10-9(5-4-6-13)11(17)15(14-10)7-8-16/h9,16H,4-8,13H2,1-3H3. The normalized spacial score (nSPS) is 21.0. The van der Waals surface area contributed by atoms with Crippen LogP contribution in [0.2, 0.25) is 0 Å². The minimum absolute atomic E-state index is 0.00238. The summed E-state index contributed by atoms with van der Waals surface area (Å²) in [6, 6.07) is 0. The van der Waals surface area contributed by atoms with Crippen LogP contribution in [0.25, 0.3) is 0 Å². The molecule has 1 unspecified atom stereocenters. The van der Waals surface area contributed by atoms with Crippen LogP contribution in [-0.2, 0) is 4.79 Å². The maximum Gasteiger partial charge on any atom is 0.251 e. The SMILES string of the molecule is CC(C)(C)C1=NN(CCO)C(=O)C1CCCN. The van der Waals surface area contributed by atoms with Crippen LogP contribution in [0.4, 0.5) is 0 Å². The van der Waals surface area contributed by atoms with Crippen molar-refractivity contribution < 1.29 is 9.90 Å². The highest BCUT2D eigenvalue weighted by Gasteiger charge is 2.40. The van der Waals surface area contributed by atoms with Crippen molar-refractivity contribution in [3.8, 4) is 0 Å². The van der Waals surface area contributed by atoms with E-state index < -0.39 is 0 Å². The molecular weight excluding hydrogens is 218 g/mol. The number of rotatable bonds is 5. The van der Waals surface area contributed by atoms with Gasteiger partial charge >= 0.3 is 0 Å². The van der Waals surface area contributed by atoms with Crippen LogP contribution >= 0.6 is 0 Å². The van der Waals surface area contributed by atoms with Crippen LogP contribution in [-0.4, -0.2) is 41.4 Å². The van der Waals surface area contributed by atoms with Gasteiger partial charge in [0.15, 0.2) is 0 Å². The zero-order valence-corrected chi connectivity index (χ0v) is 10.9. The molecule has 0 radical (unpaired) electrons. The van der Waals surface area contributed by atoms with Crippen LogP contribution in [0.5, 0.6) is 0 Å². The molecule has 0 saturated heterocycles. The molecule has 1 atom stereocenters. The largest absolute Gasteiger partial charge is 0.394 e. The highest BCUT2D eigenvalue weighted by atomic mass is 16.3. The van der Waals surface area contributed by atoms with Crippen molar-refractivity contribution in [3.63, 3.8) is 0 Å². The van der Waals surface area contributed by atoms with Crippen LogP contribution in [0.1, 0.15) is 33.6 Å². The molecule has 0 aliphatic carbocycles. The van der Waals surface area contributed by atoms with Gasteiger partial charge in [-0.1, -0.05) is 20.8 Å². The predicted molar refractivity (Wildman–Crippen MR) is 67.5 cm³/mol. The Bertz CT molecular complexity index is 307. The summed E-state index contributed by atoms with van der Waals surface area (Å²) >= 11 is 0. The van der Waals surface area contributed by atoms with Crippen molar-refractivity contribution >= 4 is 11.6 Å². The number of amides is 1. The fourth-order valence-corrected chi connectivity index (χ4v) is 2.06. The summed E-state index contributed by atoms with van der Waals surface area (Å²) in [5.41, 5.74) is 6.28. The Morgan fingerprint density at radius 2 is 2.12 bits per heavy atom. The molecule has 5 nitrogen and oxygen atoms in total. The van der Waals surface area contributed by atoms with Gasteiger partial charge in [-0.3, -0.25) is 4.79 Å². The van der Waals surface area contributed by atoms with Crippen molar-refractivity contribution in [1.29, 1.82) is 0 Å². The van der Waals surface area contributed by atoms with Crippen molar-refractivity contribution in [2.24, 2.45) is 22.2 Å². The molecule has 0 fully saturated rings. The number of nitrogens with zero attached hydrogens (tertiary/aromatic N) is 2. The van der Waals surface area contributed by atoms with Gasteiger partial charge in [-0.05, 0) is 19.4 Å². The smallest absolute Gasteiger partial charge is 0.251 e. The molecule has 1 aliphatic heterocycles. The topological polar surface area (TPSA) is 78.9 Å². The molecule has 3 N–H and O–H groups in total. The number of carbonyl (C=O) groups is 1. The highest BCUT2D eigenvalue weighted by molar-refractivity contribution is 6.10. The van der Waals surface area contributed by atoms with Crippen LogP contribution in [0.3, 0.4) is 0 Å². The van der Waals surface area contributed by atoms with Gasteiger partial charge in [0.1, 0.15) is 0 Å². The molecule has 0 aromatic carbocycles. The molecule has 0 saturated carbocycles. The first-order valence-electron chi connectivity index (χ1n) is 6.13. The second-order valence-electron chi connectivity index (χ2n) is 5.40. The van der Waals surface area contributed by atoms with E-state index >= 15 is 0 Å². The van der Waals surface area contributed by atoms with Gasteiger partial charge in [-0.15, -0.1) is 0 Å². The third kappa shape index (κ3) is 3.26. The average molecular weight is 241 g/mol. The van der Waals surface area contributed by atoms with E-state index in [1.165, 1.54) is 5.01 Å². The molecule has 0 aromatic rings. The number of aliphatic hydroxyl groups is 1. The van der Waals surface area contributed by atoms with E-state index in [0.717, 1.165) is 18.6 Å².